The molecule has 142 valence electrons. The Hall–Kier alpha value is -3.03. The SMILES string of the molecule is COc1ccc2c(c1)OC[C@]1(C(=O)O)CN(C(=O)Cn3nccc3C)C[C@H]21. The first-order valence-electron chi connectivity index (χ1n) is 8.75. The number of methoxy groups -OCH3 is 1. The molecule has 0 spiro atoms. The van der Waals surface area contributed by atoms with Crippen molar-refractivity contribution in [2.24, 2.45) is 5.41 Å². The average molecular weight is 371 g/mol. The van der Waals surface area contributed by atoms with Gasteiger partial charge in [-0.1, -0.05) is 6.07 Å². The fourth-order valence-corrected chi connectivity index (χ4v) is 3.97. The first-order valence-corrected chi connectivity index (χ1v) is 8.75. The summed E-state index contributed by atoms with van der Waals surface area (Å²) in [5.41, 5.74) is 0.542. The zero-order chi connectivity index (χ0) is 19.2. The van der Waals surface area contributed by atoms with Gasteiger partial charge < -0.3 is 19.5 Å². The van der Waals surface area contributed by atoms with Gasteiger partial charge in [-0.25, -0.2) is 0 Å². The van der Waals surface area contributed by atoms with Gasteiger partial charge in [-0.15, -0.1) is 0 Å². The number of carboxylic acids is 1. The predicted molar refractivity (Wildman–Crippen MR) is 94.8 cm³/mol. The number of aromatic nitrogens is 2. The van der Waals surface area contributed by atoms with Crippen molar-refractivity contribution in [3.8, 4) is 11.5 Å². The van der Waals surface area contributed by atoms with E-state index in [0.29, 0.717) is 18.0 Å². The molecule has 3 heterocycles. The second-order valence-electron chi connectivity index (χ2n) is 7.11. The molecule has 2 aliphatic heterocycles. The monoisotopic (exact) mass is 371 g/mol. The van der Waals surface area contributed by atoms with Crippen molar-refractivity contribution in [1.29, 1.82) is 0 Å². The zero-order valence-corrected chi connectivity index (χ0v) is 15.2. The molecule has 8 nitrogen and oxygen atoms in total. The van der Waals surface area contributed by atoms with Crippen molar-refractivity contribution in [1.82, 2.24) is 14.7 Å². The molecule has 4 rings (SSSR count). The summed E-state index contributed by atoms with van der Waals surface area (Å²) in [5.74, 6) is -0.149. The number of carboxylic acid groups (broad SMARTS) is 1. The Kier molecular flexibility index (Phi) is 4.05. The minimum Gasteiger partial charge on any atom is -0.497 e. The number of nitrogens with zero attached hydrogens (tertiary/aromatic N) is 3. The number of hydrogen-bond acceptors (Lipinski definition) is 5. The zero-order valence-electron chi connectivity index (χ0n) is 15.2. The van der Waals surface area contributed by atoms with Crippen LogP contribution in [0.5, 0.6) is 11.5 Å². The Bertz CT molecular complexity index is 909. The van der Waals surface area contributed by atoms with Crippen LogP contribution < -0.4 is 9.47 Å². The Balaban J connectivity index is 1.64. The highest BCUT2D eigenvalue weighted by molar-refractivity contribution is 5.83. The van der Waals surface area contributed by atoms with Gasteiger partial charge >= 0.3 is 5.97 Å². The van der Waals surface area contributed by atoms with Crippen LogP contribution in [0.2, 0.25) is 0 Å². The number of ether oxygens (including phenoxy) is 2. The molecular formula is C19H21N3O5. The first-order chi connectivity index (χ1) is 12.9. The molecule has 0 saturated carbocycles. The third-order valence-electron chi connectivity index (χ3n) is 5.62. The van der Waals surface area contributed by atoms with Gasteiger partial charge in [0.25, 0.3) is 0 Å². The number of hydrogen-bond donors (Lipinski definition) is 1. The third-order valence-corrected chi connectivity index (χ3v) is 5.62. The highest BCUT2D eigenvalue weighted by Gasteiger charge is 2.57. The van der Waals surface area contributed by atoms with Crippen molar-refractivity contribution in [3.63, 3.8) is 0 Å². The maximum atomic E-state index is 12.8. The maximum Gasteiger partial charge on any atom is 0.315 e. The van der Waals surface area contributed by atoms with Gasteiger partial charge in [0.05, 0.1) is 7.11 Å². The number of rotatable bonds is 4. The first kappa shape index (κ1) is 17.4. The number of carbonyl (C=O) groups excluding carboxylic acids is 1. The molecule has 0 radical (unpaired) electrons. The summed E-state index contributed by atoms with van der Waals surface area (Å²) >= 11 is 0. The van der Waals surface area contributed by atoms with E-state index in [2.05, 4.69) is 5.10 Å². The third kappa shape index (κ3) is 2.72. The number of fused-ring (bicyclic) bond motifs is 3. The summed E-state index contributed by atoms with van der Waals surface area (Å²) in [6, 6.07) is 7.21. The summed E-state index contributed by atoms with van der Waals surface area (Å²) < 4.78 is 12.6. The van der Waals surface area contributed by atoms with E-state index in [1.165, 1.54) is 0 Å². The number of aryl methyl sites for hydroxylation is 1. The summed E-state index contributed by atoms with van der Waals surface area (Å²) in [6.07, 6.45) is 1.64. The fourth-order valence-electron chi connectivity index (χ4n) is 3.97. The van der Waals surface area contributed by atoms with Crippen LogP contribution in [0.4, 0.5) is 0 Å². The van der Waals surface area contributed by atoms with Crippen molar-refractivity contribution in [3.05, 3.63) is 41.7 Å². The lowest BCUT2D eigenvalue weighted by Gasteiger charge is -2.35. The summed E-state index contributed by atoms with van der Waals surface area (Å²) in [5, 5.41) is 14.1. The minimum atomic E-state index is -1.14. The molecule has 1 N–H and O–H groups in total. The molecular weight excluding hydrogens is 350 g/mol. The van der Waals surface area contributed by atoms with Crippen LogP contribution in [0.3, 0.4) is 0 Å². The van der Waals surface area contributed by atoms with E-state index in [1.807, 2.05) is 19.1 Å². The van der Waals surface area contributed by atoms with E-state index in [1.54, 1.807) is 35.0 Å². The Morgan fingerprint density at radius 1 is 1.41 bits per heavy atom. The molecule has 2 atom stereocenters. The Morgan fingerprint density at radius 3 is 2.89 bits per heavy atom. The second-order valence-corrected chi connectivity index (χ2v) is 7.11. The normalized spacial score (nSPS) is 23.3. The second kappa shape index (κ2) is 6.29. The lowest BCUT2D eigenvalue weighted by Crippen LogP contribution is -2.46. The molecule has 8 heteroatoms. The van der Waals surface area contributed by atoms with Gasteiger partial charge in [0, 0.05) is 42.5 Å². The molecule has 1 aromatic heterocycles. The quantitative estimate of drug-likeness (QED) is 0.870. The number of carbonyl (C=O) groups is 2. The number of likely N-dealkylation sites (tertiary alicyclic amines) is 1. The predicted octanol–water partition coefficient (Wildman–Crippen LogP) is 1.29. The molecule has 0 unspecified atom stereocenters. The molecule has 1 fully saturated rings. The molecule has 1 amide bonds. The van der Waals surface area contributed by atoms with E-state index in [9.17, 15) is 14.7 Å². The molecule has 2 aliphatic rings. The van der Waals surface area contributed by atoms with E-state index in [-0.39, 0.29) is 31.5 Å². The van der Waals surface area contributed by atoms with Crippen molar-refractivity contribution >= 4 is 11.9 Å². The number of benzene rings is 1. The van der Waals surface area contributed by atoms with Gasteiger partial charge in [0.1, 0.15) is 30.1 Å². The lowest BCUT2D eigenvalue weighted by atomic mass is 9.73. The van der Waals surface area contributed by atoms with Gasteiger partial charge in [0.2, 0.25) is 5.91 Å². The van der Waals surface area contributed by atoms with E-state index in [0.717, 1.165) is 11.3 Å². The Labute approximate surface area is 156 Å². The summed E-state index contributed by atoms with van der Waals surface area (Å²) in [4.78, 5) is 26.6. The maximum absolute atomic E-state index is 12.8. The molecule has 0 aliphatic carbocycles. The standard InChI is InChI=1S/C19H21N3O5/c1-12-5-6-20-22(12)9-17(23)21-8-15-14-4-3-13(26-2)7-16(14)27-11-19(15,10-21)18(24)25/h3-7,15H,8-11H2,1-2H3,(H,24,25)/t15-,19-/m1/s1. The van der Waals surface area contributed by atoms with E-state index < -0.39 is 11.4 Å². The van der Waals surface area contributed by atoms with Crippen molar-refractivity contribution < 1.29 is 24.2 Å². The minimum absolute atomic E-state index is 0.0255. The largest absolute Gasteiger partial charge is 0.497 e. The number of aliphatic carboxylic acids is 1. The van der Waals surface area contributed by atoms with Crippen molar-refractivity contribution in [2.45, 2.75) is 19.4 Å². The van der Waals surface area contributed by atoms with Crippen LogP contribution in [0.1, 0.15) is 17.2 Å². The van der Waals surface area contributed by atoms with Crippen LogP contribution in [-0.2, 0) is 16.1 Å². The Morgan fingerprint density at radius 2 is 2.22 bits per heavy atom. The highest BCUT2D eigenvalue weighted by atomic mass is 16.5. The van der Waals surface area contributed by atoms with Crippen molar-refractivity contribution in [2.75, 3.05) is 26.8 Å². The molecule has 1 aromatic carbocycles. The lowest BCUT2D eigenvalue weighted by molar-refractivity contribution is -0.152. The highest BCUT2D eigenvalue weighted by Crippen LogP contribution is 2.50. The van der Waals surface area contributed by atoms with Crippen LogP contribution >= 0.6 is 0 Å². The van der Waals surface area contributed by atoms with Gasteiger partial charge in [-0.2, -0.15) is 5.10 Å². The fraction of sp³-hybridized carbons (Fsp3) is 0.421. The van der Waals surface area contributed by atoms with Gasteiger partial charge in [0.15, 0.2) is 0 Å². The average Bonchev–Trinajstić information content (AvgIpc) is 3.26. The number of amides is 1. The topological polar surface area (TPSA) is 93.9 Å². The van der Waals surface area contributed by atoms with Crippen LogP contribution in [0, 0.1) is 12.3 Å². The van der Waals surface area contributed by atoms with Gasteiger partial charge in [-0.05, 0) is 19.1 Å². The van der Waals surface area contributed by atoms with Crippen LogP contribution in [0.15, 0.2) is 30.5 Å². The molecule has 1 saturated heterocycles. The smallest absolute Gasteiger partial charge is 0.315 e. The van der Waals surface area contributed by atoms with E-state index in [4.69, 9.17) is 9.47 Å². The molecule has 2 aromatic rings. The molecule has 0 bridgehead atoms. The van der Waals surface area contributed by atoms with Gasteiger partial charge in [-0.3, -0.25) is 14.3 Å². The van der Waals surface area contributed by atoms with Crippen LogP contribution in [-0.4, -0.2) is 58.5 Å². The van der Waals surface area contributed by atoms with E-state index >= 15 is 0 Å². The molecule has 27 heavy (non-hydrogen) atoms. The summed E-state index contributed by atoms with van der Waals surface area (Å²) in [6.45, 7) is 2.46. The summed E-state index contributed by atoms with van der Waals surface area (Å²) in [7, 11) is 1.57. The van der Waals surface area contributed by atoms with Crippen LogP contribution in [0.25, 0.3) is 0 Å².